The van der Waals surface area contributed by atoms with Crippen LogP contribution in [-0.4, -0.2) is 48.9 Å². The van der Waals surface area contributed by atoms with Crippen LogP contribution in [0.25, 0.3) is 0 Å². The summed E-state index contributed by atoms with van der Waals surface area (Å²) >= 11 is 0. The summed E-state index contributed by atoms with van der Waals surface area (Å²) in [7, 11) is 0. The van der Waals surface area contributed by atoms with Crippen molar-refractivity contribution in [3.05, 3.63) is 23.8 Å². The minimum absolute atomic E-state index is 0.0965. The number of hydrogen-bond acceptors (Lipinski definition) is 5. The van der Waals surface area contributed by atoms with Crippen LogP contribution in [0.1, 0.15) is 31.2 Å². The van der Waals surface area contributed by atoms with E-state index in [1.165, 1.54) is 5.56 Å². The highest BCUT2D eigenvalue weighted by Crippen LogP contribution is 2.36. The molecule has 1 amide bonds. The van der Waals surface area contributed by atoms with Gasteiger partial charge in [-0.25, -0.2) is 0 Å². The summed E-state index contributed by atoms with van der Waals surface area (Å²) in [4.78, 5) is 14.7. The van der Waals surface area contributed by atoms with Crippen molar-refractivity contribution >= 4 is 5.91 Å². The Kier molecular flexibility index (Phi) is 3.82. The van der Waals surface area contributed by atoms with E-state index in [9.17, 15) is 4.79 Å². The zero-order chi connectivity index (χ0) is 16.8. The quantitative estimate of drug-likeness (QED) is 0.900. The molecule has 0 bridgehead atoms. The number of amides is 1. The Morgan fingerprint density at radius 1 is 1.20 bits per heavy atom. The number of hydrogen-bond donors (Lipinski definition) is 1. The Balaban J connectivity index is 1.18. The lowest BCUT2D eigenvalue weighted by Gasteiger charge is -2.34. The molecule has 1 aromatic carbocycles. The van der Waals surface area contributed by atoms with Crippen LogP contribution >= 0.6 is 0 Å². The molecule has 3 heterocycles. The molecule has 0 spiro atoms. The third kappa shape index (κ3) is 3.20. The van der Waals surface area contributed by atoms with E-state index in [1.807, 2.05) is 6.07 Å². The van der Waals surface area contributed by atoms with E-state index in [0.29, 0.717) is 18.8 Å². The van der Waals surface area contributed by atoms with E-state index in [2.05, 4.69) is 22.3 Å². The number of carbonyl (C=O) groups is 1. The predicted molar refractivity (Wildman–Crippen MR) is 90.4 cm³/mol. The van der Waals surface area contributed by atoms with Gasteiger partial charge in [0.1, 0.15) is 6.10 Å². The molecule has 5 rings (SSSR count). The molecule has 0 radical (unpaired) electrons. The molecule has 3 aliphatic heterocycles. The van der Waals surface area contributed by atoms with Gasteiger partial charge >= 0.3 is 0 Å². The van der Waals surface area contributed by atoms with E-state index < -0.39 is 0 Å². The summed E-state index contributed by atoms with van der Waals surface area (Å²) in [6.07, 6.45) is 4.14. The third-order valence-corrected chi connectivity index (χ3v) is 5.70. The van der Waals surface area contributed by atoms with Gasteiger partial charge in [-0.1, -0.05) is 6.07 Å². The molecule has 4 aliphatic rings. The number of carbonyl (C=O) groups excluding carboxylic acids is 1. The second kappa shape index (κ2) is 6.18. The Morgan fingerprint density at radius 3 is 2.96 bits per heavy atom. The maximum Gasteiger partial charge on any atom is 0.249 e. The molecule has 0 aromatic heterocycles. The van der Waals surface area contributed by atoms with Gasteiger partial charge in [0.15, 0.2) is 11.5 Å². The Bertz CT molecular complexity index is 675. The number of rotatable bonds is 4. The molecule has 6 nitrogen and oxygen atoms in total. The first-order valence-corrected chi connectivity index (χ1v) is 9.31. The summed E-state index contributed by atoms with van der Waals surface area (Å²) < 4.78 is 16.9. The fraction of sp³-hybridized carbons (Fsp3) is 0.632. The summed E-state index contributed by atoms with van der Waals surface area (Å²) in [5, 5.41) is 3.08. The summed E-state index contributed by atoms with van der Waals surface area (Å²) in [6, 6.07) is 6.55. The van der Waals surface area contributed by atoms with Crippen LogP contribution in [-0.2, 0) is 16.1 Å². The monoisotopic (exact) mass is 344 g/mol. The smallest absolute Gasteiger partial charge is 0.249 e. The number of benzene rings is 1. The number of likely N-dealkylation sites (tertiary alicyclic amines) is 1. The molecule has 1 aliphatic carbocycles. The normalized spacial score (nSPS) is 31.0. The Morgan fingerprint density at radius 2 is 2.08 bits per heavy atom. The van der Waals surface area contributed by atoms with Crippen molar-refractivity contribution in [2.24, 2.45) is 5.92 Å². The van der Waals surface area contributed by atoms with Crippen molar-refractivity contribution in [2.75, 3.05) is 19.9 Å². The molecule has 3 atom stereocenters. The van der Waals surface area contributed by atoms with Crippen molar-refractivity contribution in [1.29, 1.82) is 0 Å². The van der Waals surface area contributed by atoms with Gasteiger partial charge in [-0.3, -0.25) is 9.69 Å². The highest BCUT2D eigenvalue weighted by atomic mass is 16.7. The van der Waals surface area contributed by atoms with Gasteiger partial charge in [-0.2, -0.15) is 0 Å². The molecule has 1 N–H and O–H groups in total. The third-order valence-electron chi connectivity index (χ3n) is 5.70. The lowest BCUT2D eigenvalue weighted by Crippen LogP contribution is -2.42. The van der Waals surface area contributed by atoms with Crippen molar-refractivity contribution in [1.82, 2.24) is 10.2 Å². The Hall–Kier alpha value is -1.79. The lowest BCUT2D eigenvalue weighted by atomic mass is 9.91. The van der Waals surface area contributed by atoms with Gasteiger partial charge in [0.05, 0.1) is 6.10 Å². The molecule has 2 saturated heterocycles. The molecular weight excluding hydrogens is 320 g/mol. The SMILES string of the molecule is O=C(NC1CC1)[C@H]1C[C@@H]2CCN(Cc3ccc4c(c3)OCO4)C[C@@H]2O1. The molecular formula is C19H24N2O4. The molecule has 25 heavy (non-hydrogen) atoms. The van der Waals surface area contributed by atoms with Crippen LogP contribution < -0.4 is 14.8 Å². The summed E-state index contributed by atoms with van der Waals surface area (Å²) in [5.41, 5.74) is 1.23. The predicted octanol–water partition coefficient (Wildman–Crippen LogP) is 1.67. The van der Waals surface area contributed by atoms with E-state index in [0.717, 1.165) is 56.8 Å². The first kappa shape index (κ1) is 15.5. The average Bonchev–Trinajstić information content (AvgIpc) is 3.14. The zero-order valence-corrected chi connectivity index (χ0v) is 14.3. The fourth-order valence-corrected chi connectivity index (χ4v) is 4.13. The first-order valence-electron chi connectivity index (χ1n) is 9.31. The number of ether oxygens (including phenoxy) is 3. The number of nitrogens with one attached hydrogen (secondary N) is 1. The van der Waals surface area contributed by atoms with Gasteiger partial charge in [0.2, 0.25) is 12.7 Å². The van der Waals surface area contributed by atoms with E-state index in [4.69, 9.17) is 14.2 Å². The number of piperidine rings is 1. The van der Waals surface area contributed by atoms with E-state index in [-0.39, 0.29) is 18.1 Å². The zero-order valence-electron chi connectivity index (χ0n) is 14.3. The van der Waals surface area contributed by atoms with Crippen LogP contribution in [0.5, 0.6) is 11.5 Å². The number of fused-ring (bicyclic) bond motifs is 2. The van der Waals surface area contributed by atoms with Crippen molar-refractivity contribution in [2.45, 2.75) is 50.5 Å². The first-order chi connectivity index (χ1) is 12.2. The molecule has 0 unspecified atom stereocenters. The van der Waals surface area contributed by atoms with Crippen LogP contribution in [0.4, 0.5) is 0 Å². The van der Waals surface area contributed by atoms with Gasteiger partial charge in [-0.05, 0) is 55.8 Å². The van der Waals surface area contributed by atoms with Crippen molar-refractivity contribution in [3.8, 4) is 11.5 Å². The minimum Gasteiger partial charge on any atom is -0.454 e. The van der Waals surface area contributed by atoms with Crippen LogP contribution in [0.15, 0.2) is 18.2 Å². The van der Waals surface area contributed by atoms with Crippen LogP contribution in [0, 0.1) is 5.92 Å². The second-order valence-corrected chi connectivity index (χ2v) is 7.65. The van der Waals surface area contributed by atoms with Crippen LogP contribution in [0.2, 0.25) is 0 Å². The molecule has 6 heteroatoms. The number of nitrogens with zero attached hydrogens (tertiary/aromatic N) is 1. The largest absolute Gasteiger partial charge is 0.454 e. The summed E-state index contributed by atoms with van der Waals surface area (Å²) in [5.74, 6) is 2.27. The molecule has 3 fully saturated rings. The minimum atomic E-state index is -0.249. The fourth-order valence-electron chi connectivity index (χ4n) is 4.13. The van der Waals surface area contributed by atoms with E-state index >= 15 is 0 Å². The lowest BCUT2D eigenvalue weighted by molar-refractivity contribution is -0.133. The van der Waals surface area contributed by atoms with E-state index in [1.54, 1.807) is 0 Å². The maximum atomic E-state index is 12.2. The van der Waals surface area contributed by atoms with Gasteiger partial charge in [0, 0.05) is 19.1 Å². The van der Waals surface area contributed by atoms with Gasteiger partial charge in [0.25, 0.3) is 0 Å². The van der Waals surface area contributed by atoms with Crippen molar-refractivity contribution < 1.29 is 19.0 Å². The standard InChI is InChI=1S/C19H24N2O4/c22-19(20-14-2-3-14)17-8-13-5-6-21(10-18(13)25-17)9-12-1-4-15-16(7-12)24-11-23-15/h1,4,7,13-14,17-18H,2-3,5-6,8-11H2,(H,20,22)/t13-,17+,18-/m0/s1. The molecule has 1 aromatic rings. The summed E-state index contributed by atoms with van der Waals surface area (Å²) in [6.45, 7) is 3.13. The molecule has 1 saturated carbocycles. The van der Waals surface area contributed by atoms with Gasteiger partial charge < -0.3 is 19.5 Å². The van der Waals surface area contributed by atoms with Crippen molar-refractivity contribution in [3.63, 3.8) is 0 Å². The molecule has 134 valence electrons. The topological polar surface area (TPSA) is 60.0 Å². The van der Waals surface area contributed by atoms with Gasteiger partial charge in [-0.15, -0.1) is 0 Å². The highest BCUT2D eigenvalue weighted by Gasteiger charge is 2.42. The average molecular weight is 344 g/mol. The Labute approximate surface area is 147 Å². The van der Waals surface area contributed by atoms with Crippen LogP contribution in [0.3, 0.4) is 0 Å². The maximum absolute atomic E-state index is 12.2. The highest BCUT2D eigenvalue weighted by molar-refractivity contribution is 5.81. The second-order valence-electron chi connectivity index (χ2n) is 7.65.